The van der Waals surface area contributed by atoms with Crippen LogP contribution in [-0.2, 0) is 4.79 Å². The minimum absolute atomic E-state index is 0.00111. The molecule has 7 heteroatoms. The van der Waals surface area contributed by atoms with Gasteiger partial charge in [0.15, 0.2) is 5.69 Å². The highest BCUT2D eigenvalue weighted by atomic mass is 16.4. The number of carboxylic acid groups (broad SMARTS) is 1. The maximum absolute atomic E-state index is 11.1. The number of hydrogen-bond acceptors (Lipinski definition) is 5. The lowest BCUT2D eigenvalue weighted by Gasteiger charge is -2.03. The van der Waals surface area contributed by atoms with Gasteiger partial charge in [-0.15, -0.1) is 10.2 Å². The van der Waals surface area contributed by atoms with E-state index in [2.05, 4.69) is 20.8 Å². The molecule has 0 aliphatic carbocycles. The summed E-state index contributed by atoms with van der Waals surface area (Å²) in [6, 6.07) is 3.08. The topological polar surface area (TPSA) is 104 Å². The van der Waals surface area contributed by atoms with Crippen LogP contribution in [0.2, 0.25) is 0 Å². The van der Waals surface area contributed by atoms with E-state index in [9.17, 15) is 9.59 Å². The molecule has 86 valence electrons. The van der Waals surface area contributed by atoms with E-state index in [0.717, 1.165) is 0 Å². The summed E-state index contributed by atoms with van der Waals surface area (Å²) < 4.78 is 0. The fourth-order valence-corrected chi connectivity index (χ4v) is 0.973. The van der Waals surface area contributed by atoms with Crippen LogP contribution in [0, 0.1) is 0 Å². The highest BCUT2D eigenvalue weighted by Gasteiger charge is 2.05. The van der Waals surface area contributed by atoms with Gasteiger partial charge in [0.2, 0.25) is 0 Å². The van der Waals surface area contributed by atoms with E-state index in [1.807, 2.05) is 0 Å². The number of aromatic nitrogens is 2. The molecule has 0 saturated carbocycles. The zero-order valence-electron chi connectivity index (χ0n) is 8.73. The molecular formula is C9H12N4O3. The van der Waals surface area contributed by atoms with E-state index >= 15 is 0 Å². The summed E-state index contributed by atoms with van der Waals surface area (Å²) in [6.45, 7) is 0.267. The molecule has 0 aliphatic heterocycles. The average Bonchev–Trinajstić information content (AvgIpc) is 2.28. The summed E-state index contributed by atoms with van der Waals surface area (Å²) in [6.07, 6.45) is -0.00111. The molecule has 0 aromatic carbocycles. The van der Waals surface area contributed by atoms with E-state index in [1.54, 1.807) is 6.07 Å². The van der Waals surface area contributed by atoms with Crippen molar-refractivity contribution in [3.8, 4) is 0 Å². The Bertz CT molecular complexity index is 377. The smallest absolute Gasteiger partial charge is 0.305 e. The first kappa shape index (κ1) is 11.9. The second-order valence-corrected chi connectivity index (χ2v) is 2.95. The lowest BCUT2D eigenvalue weighted by molar-refractivity contribution is -0.136. The number of amides is 1. The standard InChI is InChI=1S/C9H12N4O3/c1-10-9(16)6-2-3-7(13-12-6)11-5-4-8(14)15/h2-3H,4-5H2,1H3,(H,10,16)(H,11,13)(H,14,15). The van der Waals surface area contributed by atoms with Crippen LogP contribution in [0.5, 0.6) is 0 Å². The van der Waals surface area contributed by atoms with E-state index in [0.29, 0.717) is 5.82 Å². The van der Waals surface area contributed by atoms with Crippen LogP contribution >= 0.6 is 0 Å². The number of carbonyl (C=O) groups is 2. The van der Waals surface area contributed by atoms with Gasteiger partial charge in [-0.05, 0) is 12.1 Å². The van der Waals surface area contributed by atoms with Crippen LogP contribution in [0.25, 0.3) is 0 Å². The summed E-state index contributed by atoms with van der Waals surface area (Å²) >= 11 is 0. The third-order valence-corrected chi connectivity index (χ3v) is 1.77. The highest BCUT2D eigenvalue weighted by Crippen LogP contribution is 2.01. The van der Waals surface area contributed by atoms with Gasteiger partial charge in [-0.3, -0.25) is 9.59 Å². The van der Waals surface area contributed by atoms with Gasteiger partial charge in [-0.2, -0.15) is 0 Å². The molecule has 0 unspecified atom stereocenters. The number of carboxylic acids is 1. The number of carbonyl (C=O) groups excluding carboxylic acids is 1. The van der Waals surface area contributed by atoms with Crippen molar-refractivity contribution in [3.63, 3.8) is 0 Å². The Labute approximate surface area is 91.9 Å². The number of rotatable bonds is 5. The SMILES string of the molecule is CNC(=O)c1ccc(NCCC(=O)O)nn1. The quantitative estimate of drug-likeness (QED) is 0.635. The van der Waals surface area contributed by atoms with Crippen molar-refractivity contribution in [2.75, 3.05) is 18.9 Å². The average molecular weight is 224 g/mol. The number of nitrogens with one attached hydrogen (secondary N) is 2. The highest BCUT2D eigenvalue weighted by molar-refractivity contribution is 5.91. The molecule has 0 spiro atoms. The number of hydrogen-bond donors (Lipinski definition) is 3. The fourth-order valence-electron chi connectivity index (χ4n) is 0.973. The van der Waals surface area contributed by atoms with Crippen LogP contribution in [0.15, 0.2) is 12.1 Å². The van der Waals surface area contributed by atoms with Crippen molar-refractivity contribution >= 4 is 17.7 Å². The molecule has 1 aromatic heterocycles. The van der Waals surface area contributed by atoms with E-state index < -0.39 is 5.97 Å². The molecule has 0 radical (unpaired) electrons. The molecular weight excluding hydrogens is 212 g/mol. The van der Waals surface area contributed by atoms with Crippen molar-refractivity contribution in [3.05, 3.63) is 17.8 Å². The first-order valence-electron chi connectivity index (χ1n) is 4.65. The molecule has 1 heterocycles. The van der Waals surface area contributed by atoms with Crippen LogP contribution in [0.1, 0.15) is 16.9 Å². The van der Waals surface area contributed by atoms with Crippen molar-refractivity contribution < 1.29 is 14.7 Å². The van der Waals surface area contributed by atoms with Crippen molar-refractivity contribution in [1.82, 2.24) is 15.5 Å². The molecule has 1 rings (SSSR count). The molecule has 7 nitrogen and oxygen atoms in total. The third kappa shape index (κ3) is 3.52. The lowest BCUT2D eigenvalue weighted by atomic mass is 10.3. The zero-order valence-corrected chi connectivity index (χ0v) is 8.73. The Balaban J connectivity index is 2.51. The molecule has 0 atom stereocenters. The Morgan fingerprint density at radius 1 is 1.38 bits per heavy atom. The van der Waals surface area contributed by atoms with Crippen LogP contribution < -0.4 is 10.6 Å². The molecule has 1 aromatic rings. The fraction of sp³-hybridized carbons (Fsp3) is 0.333. The Morgan fingerprint density at radius 3 is 2.62 bits per heavy atom. The summed E-state index contributed by atoms with van der Waals surface area (Å²) in [4.78, 5) is 21.4. The van der Waals surface area contributed by atoms with Gasteiger partial charge in [0.25, 0.3) is 5.91 Å². The van der Waals surface area contributed by atoms with Crippen molar-refractivity contribution in [2.45, 2.75) is 6.42 Å². The molecule has 16 heavy (non-hydrogen) atoms. The summed E-state index contributed by atoms with van der Waals surface area (Å²) in [7, 11) is 1.50. The van der Waals surface area contributed by atoms with E-state index in [1.165, 1.54) is 13.1 Å². The van der Waals surface area contributed by atoms with Crippen LogP contribution in [0.3, 0.4) is 0 Å². The lowest BCUT2D eigenvalue weighted by Crippen LogP contribution is -2.20. The Hall–Kier alpha value is -2.18. The van der Waals surface area contributed by atoms with E-state index in [4.69, 9.17) is 5.11 Å². The van der Waals surface area contributed by atoms with Gasteiger partial charge in [-0.25, -0.2) is 0 Å². The summed E-state index contributed by atoms with van der Waals surface area (Å²) in [5.74, 6) is -0.763. The van der Waals surface area contributed by atoms with Gasteiger partial charge < -0.3 is 15.7 Å². The summed E-state index contributed by atoms with van der Waals surface area (Å²) in [5.41, 5.74) is 0.214. The predicted molar refractivity (Wildman–Crippen MR) is 56.2 cm³/mol. The first-order valence-corrected chi connectivity index (χ1v) is 4.65. The number of nitrogens with zero attached hydrogens (tertiary/aromatic N) is 2. The second kappa shape index (κ2) is 5.64. The minimum Gasteiger partial charge on any atom is -0.481 e. The summed E-state index contributed by atoms with van der Waals surface area (Å²) in [5, 5.41) is 21.0. The van der Waals surface area contributed by atoms with Gasteiger partial charge in [0.05, 0.1) is 6.42 Å². The van der Waals surface area contributed by atoms with Crippen LogP contribution in [0.4, 0.5) is 5.82 Å². The minimum atomic E-state index is -0.887. The van der Waals surface area contributed by atoms with E-state index in [-0.39, 0.29) is 24.6 Å². The van der Waals surface area contributed by atoms with Gasteiger partial charge >= 0.3 is 5.97 Å². The Kier molecular flexibility index (Phi) is 4.19. The maximum atomic E-state index is 11.1. The van der Waals surface area contributed by atoms with Crippen LogP contribution in [-0.4, -0.2) is 40.8 Å². The normalized spacial score (nSPS) is 9.56. The Morgan fingerprint density at radius 2 is 2.12 bits per heavy atom. The number of aliphatic carboxylic acids is 1. The predicted octanol–water partition coefficient (Wildman–Crippen LogP) is -0.277. The molecule has 0 aliphatic rings. The number of anilines is 1. The molecule has 3 N–H and O–H groups in total. The molecule has 0 bridgehead atoms. The van der Waals surface area contributed by atoms with Crippen molar-refractivity contribution in [2.24, 2.45) is 0 Å². The zero-order chi connectivity index (χ0) is 12.0. The second-order valence-electron chi connectivity index (χ2n) is 2.95. The van der Waals surface area contributed by atoms with Crippen molar-refractivity contribution in [1.29, 1.82) is 0 Å². The third-order valence-electron chi connectivity index (χ3n) is 1.77. The van der Waals surface area contributed by atoms with Gasteiger partial charge in [-0.1, -0.05) is 0 Å². The van der Waals surface area contributed by atoms with Gasteiger partial charge in [0.1, 0.15) is 5.82 Å². The first-order chi connectivity index (χ1) is 7.63. The largest absolute Gasteiger partial charge is 0.481 e. The molecule has 0 fully saturated rings. The van der Waals surface area contributed by atoms with Gasteiger partial charge in [0, 0.05) is 13.6 Å². The molecule has 1 amide bonds. The monoisotopic (exact) mass is 224 g/mol. The maximum Gasteiger partial charge on any atom is 0.305 e. The molecule has 0 saturated heterocycles.